The summed E-state index contributed by atoms with van der Waals surface area (Å²) in [7, 11) is -3.65. The van der Waals surface area contributed by atoms with E-state index in [0.717, 1.165) is 5.69 Å². The first-order valence-electron chi connectivity index (χ1n) is 7.73. The van der Waals surface area contributed by atoms with Crippen molar-refractivity contribution < 1.29 is 17.5 Å². The predicted molar refractivity (Wildman–Crippen MR) is 87.9 cm³/mol. The van der Waals surface area contributed by atoms with Crippen LogP contribution in [-0.4, -0.2) is 36.9 Å². The van der Waals surface area contributed by atoms with Gasteiger partial charge in [-0.2, -0.15) is 4.31 Å². The number of aryl methyl sites for hydroxylation is 2. The molecule has 1 aromatic heterocycles. The average Bonchev–Trinajstić information content (AvgIpc) is 2.96. The van der Waals surface area contributed by atoms with E-state index in [1.165, 1.54) is 22.5 Å². The number of hydrogen-bond acceptors (Lipinski definition) is 4. The quantitative estimate of drug-likeness (QED) is 0.851. The first-order valence-corrected chi connectivity index (χ1v) is 9.17. The number of hydrogen-bond donors (Lipinski definition) is 0. The molecule has 0 amide bonds. The predicted octanol–water partition coefficient (Wildman–Crippen LogP) is 2.68. The molecule has 1 aromatic carbocycles. The van der Waals surface area contributed by atoms with Crippen LogP contribution in [0.2, 0.25) is 0 Å². The minimum Gasteiger partial charge on any atom is -0.473 e. The molecule has 0 radical (unpaired) electrons. The average molecular weight is 350 g/mol. The molecule has 1 fully saturated rings. The molecule has 2 heterocycles. The van der Waals surface area contributed by atoms with Crippen molar-refractivity contribution in [3.8, 4) is 5.88 Å². The van der Waals surface area contributed by atoms with Crippen LogP contribution < -0.4 is 4.74 Å². The van der Waals surface area contributed by atoms with Gasteiger partial charge >= 0.3 is 0 Å². The molecule has 2 aromatic rings. The van der Waals surface area contributed by atoms with Crippen LogP contribution in [0.5, 0.6) is 5.88 Å². The minimum absolute atomic E-state index is 0.137. The second-order valence-corrected chi connectivity index (χ2v) is 7.82. The van der Waals surface area contributed by atoms with Gasteiger partial charge in [0.1, 0.15) is 11.9 Å². The number of benzene rings is 1. The fourth-order valence-electron chi connectivity index (χ4n) is 2.81. The Kier molecular flexibility index (Phi) is 4.56. The van der Waals surface area contributed by atoms with Gasteiger partial charge in [0.25, 0.3) is 0 Å². The molecule has 0 spiro atoms. The van der Waals surface area contributed by atoms with E-state index in [9.17, 15) is 12.8 Å². The van der Waals surface area contributed by atoms with Gasteiger partial charge in [0.15, 0.2) is 0 Å². The second-order valence-electron chi connectivity index (χ2n) is 5.92. The van der Waals surface area contributed by atoms with Crippen molar-refractivity contribution >= 4 is 10.0 Å². The molecule has 3 rings (SSSR count). The highest BCUT2D eigenvalue weighted by atomic mass is 32.2. The smallest absolute Gasteiger partial charge is 0.243 e. The van der Waals surface area contributed by atoms with Crippen molar-refractivity contribution in [1.82, 2.24) is 9.29 Å². The lowest BCUT2D eigenvalue weighted by Gasteiger charge is -2.18. The highest BCUT2D eigenvalue weighted by Gasteiger charge is 2.34. The number of nitrogens with zero attached hydrogens (tertiary/aromatic N) is 2. The zero-order valence-corrected chi connectivity index (χ0v) is 14.4. The van der Waals surface area contributed by atoms with Crippen LogP contribution in [0.4, 0.5) is 4.39 Å². The van der Waals surface area contributed by atoms with Crippen molar-refractivity contribution in [3.63, 3.8) is 0 Å². The van der Waals surface area contributed by atoms with Crippen LogP contribution >= 0.6 is 0 Å². The van der Waals surface area contributed by atoms with Crippen LogP contribution in [0, 0.1) is 19.7 Å². The number of aromatic nitrogens is 1. The third-order valence-electron chi connectivity index (χ3n) is 4.01. The molecule has 24 heavy (non-hydrogen) atoms. The third-order valence-corrected chi connectivity index (χ3v) is 6.04. The van der Waals surface area contributed by atoms with Crippen molar-refractivity contribution in [3.05, 3.63) is 53.5 Å². The van der Waals surface area contributed by atoms with Gasteiger partial charge in [-0.05, 0) is 50.1 Å². The second kappa shape index (κ2) is 6.49. The Morgan fingerprint density at radius 2 is 2.04 bits per heavy atom. The molecule has 7 heteroatoms. The van der Waals surface area contributed by atoms with Gasteiger partial charge in [-0.25, -0.2) is 17.8 Å². The summed E-state index contributed by atoms with van der Waals surface area (Å²) in [5, 5.41) is 0. The molecule has 1 unspecified atom stereocenters. The number of ether oxygens (including phenoxy) is 1. The Hall–Kier alpha value is -1.99. The molecule has 1 aliphatic rings. The Morgan fingerprint density at radius 1 is 1.25 bits per heavy atom. The molecule has 1 atom stereocenters. The lowest BCUT2D eigenvalue weighted by molar-refractivity contribution is 0.206. The van der Waals surface area contributed by atoms with Gasteiger partial charge in [0.05, 0.1) is 11.4 Å². The molecular formula is C17H19FN2O3S. The van der Waals surface area contributed by atoms with Crippen LogP contribution in [-0.2, 0) is 10.0 Å². The lowest BCUT2D eigenvalue weighted by atomic mass is 10.2. The first kappa shape index (κ1) is 16.9. The molecule has 0 saturated carbocycles. The van der Waals surface area contributed by atoms with E-state index >= 15 is 0 Å². The zero-order chi connectivity index (χ0) is 17.3. The highest BCUT2D eigenvalue weighted by Crippen LogP contribution is 2.26. The molecule has 0 bridgehead atoms. The number of sulfonamides is 1. The van der Waals surface area contributed by atoms with Crippen LogP contribution in [0.3, 0.4) is 0 Å². The summed E-state index contributed by atoms with van der Waals surface area (Å²) in [6.07, 6.45) is 0.351. The monoisotopic (exact) mass is 350 g/mol. The highest BCUT2D eigenvalue weighted by molar-refractivity contribution is 7.89. The van der Waals surface area contributed by atoms with Crippen molar-refractivity contribution in [1.29, 1.82) is 0 Å². The van der Waals surface area contributed by atoms with Gasteiger partial charge in [0, 0.05) is 18.3 Å². The summed E-state index contributed by atoms with van der Waals surface area (Å²) in [6.45, 7) is 4.09. The summed E-state index contributed by atoms with van der Waals surface area (Å²) < 4.78 is 45.9. The summed E-state index contributed by atoms with van der Waals surface area (Å²) >= 11 is 0. The SMILES string of the molecule is Cc1cccc(OC2CCN(S(=O)(=O)c3ccc(F)cc3C)C2)n1. The summed E-state index contributed by atoms with van der Waals surface area (Å²) in [5.74, 6) is 0.0526. The van der Waals surface area contributed by atoms with E-state index in [0.29, 0.717) is 24.4 Å². The zero-order valence-electron chi connectivity index (χ0n) is 13.6. The molecule has 128 valence electrons. The largest absolute Gasteiger partial charge is 0.473 e. The molecular weight excluding hydrogens is 331 g/mol. The Balaban J connectivity index is 1.74. The van der Waals surface area contributed by atoms with Crippen molar-refractivity contribution in [2.45, 2.75) is 31.3 Å². The van der Waals surface area contributed by atoms with E-state index < -0.39 is 15.8 Å². The summed E-state index contributed by atoms with van der Waals surface area (Å²) in [4.78, 5) is 4.41. The molecule has 0 aliphatic carbocycles. The summed E-state index contributed by atoms with van der Waals surface area (Å²) in [5.41, 5.74) is 1.25. The van der Waals surface area contributed by atoms with Crippen molar-refractivity contribution in [2.75, 3.05) is 13.1 Å². The van der Waals surface area contributed by atoms with E-state index in [2.05, 4.69) is 4.98 Å². The first-order chi connectivity index (χ1) is 11.4. The molecule has 5 nitrogen and oxygen atoms in total. The van der Waals surface area contributed by atoms with Crippen LogP contribution in [0.25, 0.3) is 0 Å². The van der Waals surface area contributed by atoms with E-state index in [-0.39, 0.29) is 17.5 Å². The maximum atomic E-state index is 13.2. The van der Waals surface area contributed by atoms with E-state index in [1.807, 2.05) is 19.1 Å². The van der Waals surface area contributed by atoms with Crippen molar-refractivity contribution in [2.24, 2.45) is 0 Å². The van der Waals surface area contributed by atoms with Crippen LogP contribution in [0.1, 0.15) is 17.7 Å². The lowest BCUT2D eigenvalue weighted by Crippen LogP contribution is -2.31. The fourth-order valence-corrected chi connectivity index (χ4v) is 4.50. The molecule has 1 saturated heterocycles. The number of rotatable bonds is 4. The Morgan fingerprint density at radius 3 is 2.75 bits per heavy atom. The molecule has 0 N–H and O–H groups in total. The number of halogens is 1. The minimum atomic E-state index is -3.65. The maximum Gasteiger partial charge on any atom is 0.243 e. The van der Waals surface area contributed by atoms with Gasteiger partial charge in [0.2, 0.25) is 15.9 Å². The van der Waals surface area contributed by atoms with E-state index in [4.69, 9.17) is 4.74 Å². The van der Waals surface area contributed by atoms with Gasteiger partial charge in [-0.15, -0.1) is 0 Å². The van der Waals surface area contributed by atoms with Crippen LogP contribution in [0.15, 0.2) is 41.3 Å². The standard InChI is InChI=1S/C17H19FN2O3S/c1-12-10-14(18)6-7-16(12)24(21,22)20-9-8-15(11-20)23-17-5-3-4-13(2)19-17/h3-7,10,15H,8-9,11H2,1-2H3. The molecule has 1 aliphatic heterocycles. The normalized spacial score (nSPS) is 18.7. The van der Waals surface area contributed by atoms with Gasteiger partial charge in [-0.3, -0.25) is 0 Å². The fraction of sp³-hybridized carbons (Fsp3) is 0.353. The Labute approximate surface area is 141 Å². The van der Waals surface area contributed by atoms with Gasteiger partial charge < -0.3 is 4.74 Å². The summed E-state index contributed by atoms with van der Waals surface area (Å²) in [6, 6.07) is 9.19. The van der Waals surface area contributed by atoms with E-state index in [1.54, 1.807) is 13.0 Å². The third kappa shape index (κ3) is 3.42. The number of pyridine rings is 1. The maximum absolute atomic E-state index is 13.2. The Bertz CT molecular complexity index is 855. The van der Waals surface area contributed by atoms with Gasteiger partial charge in [-0.1, -0.05) is 6.07 Å². The topological polar surface area (TPSA) is 59.5 Å².